The lowest BCUT2D eigenvalue weighted by Crippen LogP contribution is -2.28. The number of aryl methyl sites for hydroxylation is 2. The van der Waals surface area contributed by atoms with Crippen LogP contribution in [-0.2, 0) is 10.0 Å². The molecule has 0 saturated heterocycles. The molecule has 0 amide bonds. The zero-order chi connectivity index (χ0) is 16.2. The number of hydrogen-bond acceptors (Lipinski definition) is 3. The van der Waals surface area contributed by atoms with Crippen LogP contribution in [-0.4, -0.2) is 21.6 Å². The molecule has 0 aliphatic rings. The van der Waals surface area contributed by atoms with Gasteiger partial charge in [-0.25, -0.2) is 13.1 Å². The van der Waals surface area contributed by atoms with Gasteiger partial charge in [-0.15, -0.1) is 0 Å². The summed E-state index contributed by atoms with van der Waals surface area (Å²) in [6.07, 6.45) is 0. The van der Waals surface area contributed by atoms with Crippen molar-refractivity contribution in [2.45, 2.75) is 18.7 Å². The lowest BCUT2D eigenvalue weighted by Gasteiger charge is -2.11. The third kappa shape index (κ3) is 4.47. The van der Waals surface area contributed by atoms with E-state index in [2.05, 4.69) is 4.72 Å². The summed E-state index contributed by atoms with van der Waals surface area (Å²) in [7, 11) is -3.54. The van der Waals surface area contributed by atoms with Crippen molar-refractivity contribution in [2.75, 3.05) is 13.2 Å². The molecule has 22 heavy (non-hydrogen) atoms. The second-order valence-corrected chi connectivity index (χ2v) is 7.17. The fraction of sp³-hybridized carbons (Fsp3) is 0.250. The molecule has 118 valence electrons. The molecule has 0 aliphatic carbocycles. The number of hydrogen-bond donors (Lipinski definition) is 1. The van der Waals surface area contributed by atoms with E-state index in [0.29, 0.717) is 5.02 Å². The summed E-state index contributed by atoms with van der Waals surface area (Å²) >= 11 is 5.75. The molecule has 0 aliphatic heterocycles. The van der Waals surface area contributed by atoms with Gasteiger partial charge in [0.25, 0.3) is 0 Å². The first kappa shape index (κ1) is 16.8. The Bertz CT molecular complexity index is 742. The lowest BCUT2D eigenvalue weighted by atomic mass is 10.1. The topological polar surface area (TPSA) is 55.4 Å². The van der Waals surface area contributed by atoms with Gasteiger partial charge in [0.15, 0.2) is 0 Å². The second-order valence-electron chi connectivity index (χ2n) is 4.97. The molecule has 0 spiro atoms. The zero-order valence-electron chi connectivity index (χ0n) is 12.5. The smallest absolute Gasteiger partial charge is 0.240 e. The summed E-state index contributed by atoms with van der Waals surface area (Å²) < 4.78 is 32.3. The Morgan fingerprint density at radius 3 is 2.45 bits per heavy atom. The van der Waals surface area contributed by atoms with Crippen molar-refractivity contribution in [1.82, 2.24) is 4.72 Å². The first-order valence-electron chi connectivity index (χ1n) is 6.84. The lowest BCUT2D eigenvalue weighted by molar-refractivity contribution is 0.320. The minimum atomic E-state index is -3.54. The number of halogens is 1. The van der Waals surface area contributed by atoms with Gasteiger partial charge >= 0.3 is 0 Å². The van der Waals surface area contributed by atoms with Gasteiger partial charge in [-0.2, -0.15) is 0 Å². The summed E-state index contributed by atoms with van der Waals surface area (Å²) in [6.45, 7) is 4.39. The molecule has 0 atom stereocenters. The summed E-state index contributed by atoms with van der Waals surface area (Å²) in [6, 6.07) is 11.9. The summed E-state index contributed by atoms with van der Waals surface area (Å²) in [5.41, 5.74) is 2.12. The van der Waals surface area contributed by atoms with E-state index >= 15 is 0 Å². The predicted octanol–water partition coefficient (Wildman–Crippen LogP) is 3.31. The Morgan fingerprint density at radius 2 is 1.77 bits per heavy atom. The van der Waals surface area contributed by atoms with Crippen LogP contribution in [0.25, 0.3) is 0 Å². The molecule has 2 rings (SSSR count). The van der Waals surface area contributed by atoms with Crippen molar-refractivity contribution in [1.29, 1.82) is 0 Å². The molecule has 0 bridgehead atoms. The summed E-state index contributed by atoms with van der Waals surface area (Å²) in [5, 5.41) is 0.497. The zero-order valence-corrected chi connectivity index (χ0v) is 14.0. The number of sulfonamides is 1. The van der Waals surface area contributed by atoms with Crippen LogP contribution in [0.15, 0.2) is 47.4 Å². The van der Waals surface area contributed by atoms with E-state index in [1.54, 1.807) is 12.1 Å². The van der Waals surface area contributed by atoms with E-state index < -0.39 is 10.0 Å². The summed E-state index contributed by atoms with van der Waals surface area (Å²) in [5.74, 6) is 0.769. The van der Waals surface area contributed by atoms with Gasteiger partial charge in [-0.1, -0.05) is 23.7 Å². The van der Waals surface area contributed by atoms with Crippen molar-refractivity contribution < 1.29 is 13.2 Å². The molecule has 2 aromatic carbocycles. The molecule has 0 aromatic heterocycles. The molecule has 0 unspecified atom stereocenters. The largest absolute Gasteiger partial charge is 0.492 e. The molecule has 1 N–H and O–H groups in total. The minimum absolute atomic E-state index is 0.184. The normalized spacial score (nSPS) is 11.4. The minimum Gasteiger partial charge on any atom is -0.492 e. The van der Waals surface area contributed by atoms with Crippen molar-refractivity contribution in [2.24, 2.45) is 0 Å². The van der Waals surface area contributed by atoms with Crippen LogP contribution in [0.2, 0.25) is 5.02 Å². The highest BCUT2D eigenvalue weighted by molar-refractivity contribution is 7.89. The van der Waals surface area contributed by atoms with Crippen molar-refractivity contribution in [3.63, 3.8) is 0 Å². The quantitative estimate of drug-likeness (QED) is 0.821. The highest BCUT2D eigenvalue weighted by Gasteiger charge is 2.13. The van der Waals surface area contributed by atoms with Gasteiger partial charge < -0.3 is 4.74 Å². The fourth-order valence-electron chi connectivity index (χ4n) is 1.90. The van der Waals surface area contributed by atoms with E-state index in [-0.39, 0.29) is 18.0 Å². The SMILES string of the molecule is Cc1ccc(C)c(OCCNS(=O)(=O)c2ccc(Cl)cc2)c1. The van der Waals surface area contributed by atoms with E-state index in [4.69, 9.17) is 16.3 Å². The molecule has 4 nitrogen and oxygen atoms in total. The first-order chi connectivity index (χ1) is 10.4. The molecule has 2 aromatic rings. The van der Waals surface area contributed by atoms with E-state index in [9.17, 15) is 8.42 Å². The first-order valence-corrected chi connectivity index (χ1v) is 8.70. The highest BCUT2D eigenvalue weighted by atomic mass is 35.5. The third-order valence-electron chi connectivity index (χ3n) is 3.12. The number of ether oxygens (including phenoxy) is 1. The van der Waals surface area contributed by atoms with Gasteiger partial charge in [0, 0.05) is 11.6 Å². The monoisotopic (exact) mass is 339 g/mol. The Labute approximate surface area is 136 Å². The molecule has 0 radical (unpaired) electrons. The molecule has 0 heterocycles. The van der Waals surface area contributed by atoms with Crippen LogP contribution in [0.4, 0.5) is 0 Å². The van der Waals surface area contributed by atoms with E-state index in [0.717, 1.165) is 16.9 Å². The van der Waals surface area contributed by atoms with Gasteiger partial charge in [0.05, 0.1) is 4.90 Å². The second kappa shape index (κ2) is 7.13. The maximum atomic E-state index is 12.1. The van der Waals surface area contributed by atoms with Crippen molar-refractivity contribution in [3.05, 3.63) is 58.6 Å². The average Bonchev–Trinajstić information content (AvgIpc) is 2.47. The van der Waals surface area contributed by atoms with Gasteiger partial charge in [0.1, 0.15) is 12.4 Å². The third-order valence-corrected chi connectivity index (χ3v) is 4.85. The Morgan fingerprint density at radius 1 is 1.09 bits per heavy atom. The maximum Gasteiger partial charge on any atom is 0.240 e. The molecular weight excluding hydrogens is 322 g/mol. The molecule has 0 fully saturated rings. The fourth-order valence-corrected chi connectivity index (χ4v) is 3.04. The van der Waals surface area contributed by atoms with Crippen LogP contribution >= 0.6 is 11.6 Å². The Kier molecular flexibility index (Phi) is 5.45. The highest BCUT2D eigenvalue weighted by Crippen LogP contribution is 2.19. The standard InChI is InChI=1S/C16H18ClNO3S/c1-12-3-4-13(2)16(11-12)21-10-9-18-22(19,20)15-7-5-14(17)6-8-15/h3-8,11,18H,9-10H2,1-2H3. The maximum absolute atomic E-state index is 12.1. The van der Waals surface area contributed by atoms with Gasteiger partial charge in [-0.05, 0) is 55.3 Å². The predicted molar refractivity (Wildman–Crippen MR) is 88.1 cm³/mol. The van der Waals surface area contributed by atoms with Crippen LogP contribution < -0.4 is 9.46 Å². The van der Waals surface area contributed by atoms with Crippen LogP contribution in [0.1, 0.15) is 11.1 Å². The average molecular weight is 340 g/mol. The number of benzene rings is 2. The molecule has 6 heteroatoms. The van der Waals surface area contributed by atoms with Crippen LogP contribution in [0.5, 0.6) is 5.75 Å². The summed E-state index contributed by atoms with van der Waals surface area (Å²) in [4.78, 5) is 0.184. The van der Waals surface area contributed by atoms with Gasteiger partial charge in [0.2, 0.25) is 10.0 Å². The van der Waals surface area contributed by atoms with E-state index in [1.165, 1.54) is 12.1 Å². The number of nitrogens with one attached hydrogen (secondary N) is 1. The molecular formula is C16H18ClNO3S. The molecule has 0 saturated carbocycles. The van der Waals surface area contributed by atoms with Crippen molar-refractivity contribution in [3.8, 4) is 5.75 Å². The van der Waals surface area contributed by atoms with Gasteiger partial charge in [-0.3, -0.25) is 0 Å². The van der Waals surface area contributed by atoms with Crippen LogP contribution in [0.3, 0.4) is 0 Å². The van der Waals surface area contributed by atoms with E-state index in [1.807, 2.05) is 32.0 Å². The van der Waals surface area contributed by atoms with Crippen molar-refractivity contribution >= 4 is 21.6 Å². The Hall–Kier alpha value is -1.56. The Balaban J connectivity index is 1.90. The number of rotatable bonds is 6. The van der Waals surface area contributed by atoms with Crippen LogP contribution in [0, 0.1) is 13.8 Å².